The molecular weight excluding hydrogens is 389 g/mol. The number of amides is 1. The summed E-state index contributed by atoms with van der Waals surface area (Å²) < 4.78 is 29.9. The number of rotatable bonds is 5. The minimum Gasteiger partial charge on any atom is -0.485 e. The summed E-state index contributed by atoms with van der Waals surface area (Å²) in [5, 5.41) is 2.64. The highest BCUT2D eigenvalue weighted by atomic mass is 19.1. The standard InChI is InChI=1S/C23H18FNO5/c24-16-10-12-17(13-11-16)25-22(26)21(15-6-2-1-3-7-15)30-23(27)20-14-28-18-8-4-5-9-19(18)29-20/h1-13,20-21H,14H2,(H,25,26)/t20-,21+/m0/s1. The predicted octanol–water partition coefficient (Wildman–Crippen LogP) is 3.89. The molecule has 0 spiro atoms. The average molecular weight is 407 g/mol. The number of nitrogens with one attached hydrogen (secondary N) is 1. The van der Waals surface area contributed by atoms with Gasteiger partial charge >= 0.3 is 5.97 Å². The number of hydrogen-bond acceptors (Lipinski definition) is 5. The van der Waals surface area contributed by atoms with Crippen molar-refractivity contribution < 1.29 is 28.2 Å². The van der Waals surface area contributed by atoms with Gasteiger partial charge in [-0.3, -0.25) is 4.79 Å². The number of benzene rings is 3. The van der Waals surface area contributed by atoms with E-state index in [1.165, 1.54) is 24.3 Å². The van der Waals surface area contributed by atoms with Crippen LogP contribution < -0.4 is 14.8 Å². The molecule has 1 aliphatic rings. The van der Waals surface area contributed by atoms with Crippen LogP contribution in [-0.2, 0) is 14.3 Å². The number of halogens is 1. The van der Waals surface area contributed by atoms with Crippen LogP contribution in [0.4, 0.5) is 10.1 Å². The fraction of sp³-hybridized carbons (Fsp3) is 0.130. The van der Waals surface area contributed by atoms with Crippen LogP contribution in [-0.4, -0.2) is 24.6 Å². The first-order valence-electron chi connectivity index (χ1n) is 9.30. The Hall–Kier alpha value is -3.87. The Balaban J connectivity index is 1.51. The molecule has 7 heteroatoms. The van der Waals surface area contributed by atoms with Crippen molar-refractivity contribution in [1.29, 1.82) is 0 Å². The first-order chi connectivity index (χ1) is 14.6. The molecule has 6 nitrogen and oxygen atoms in total. The number of para-hydroxylation sites is 2. The SMILES string of the molecule is O=C(O[C@@H](C(=O)Nc1ccc(F)cc1)c1ccccc1)[C@@H]1COc2ccccc2O1. The molecule has 2 atom stereocenters. The molecule has 0 unspecified atom stereocenters. The third-order valence-electron chi connectivity index (χ3n) is 4.46. The Kier molecular flexibility index (Phi) is 5.61. The molecule has 0 saturated carbocycles. The first-order valence-corrected chi connectivity index (χ1v) is 9.30. The molecule has 1 heterocycles. The van der Waals surface area contributed by atoms with E-state index < -0.39 is 29.9 Å². The maximum Gasteiger partial charge on any atom is 0.352 e. The lowest BCUT2D eigenvalue weighted by Gasteiger charge is -2.26. The van der Waals surface area contributed by atoms with Gasteiger partial charge in [0.25, 0.3) is 5.91 Å². The second-order valence-corrected chi connectivity index (χ2v) is 6.59. The molecule has 3 aromatic rings. The summed E-state index contributed by atoms with van der Waals surface area (Å²) in [5.74, 6) is -0.757. The van der Waals surface area contributed by atoms with Gasteiger partial charge < -0.3 is 19.5 Å². The highest BCUT2D eigenvalue weighted by Crippen LogP contribution is 2.32. The van der Waals surface area contributed by atoms with Crippen molar-refractivity contribution >= 4 is 17.6 Å². The Morgan fingerprint density at radius 2 is 1.60 bits per heavy atom. The monoisotopic (exact) mass is 407 g/mol. The minimum atomic E-state index is -1.22. The number of fused-ring (bicyclic) bond motifs is 1. The van der Waals surface area contributed by atoms with Gasteiger partial charge in [0, 0.05) is 11.3 Å². The van der Waals surface area contributed by atoms with Gasteiger partial charge in [0.15, 0.2) is 11.5 Å². The maximum atomic E-state index is 13.1. The lowest BCUT2D eigenvalue weighted by Crippen LogP contribution is -2.39. The topological polar surface area (TPSA) is 73.9 Å². The molecule has 4 rings (SSSR count). The number of ether oxygens (including phenoxy) is 3. The smallest absolute Gasteiger partial charge is 0.352 e. The Labute approximate surface area is 172 Å². The van der Waals surface area contributed by atoms with Crippen molar-refractivity contribution in [3.05, 3.63) is 90.2 Å². The van der Waals surface area contributed by atoms with E-state index in [1.54, 1.807) is 54.6 Å². The van der Waals surface area contributed by atoms with Crippen LogP contribution in [0.2, 0.25) is 0 Å². The lowest BCUT2D eigenvalue weighted by atomic mass is 10.1. The summed E-state index contributed by atoms with van der Waals surface area (Å²) in [6, 6.07) is 20.9. The molecule has 0 aromatic heterocycles. The molecule has 0 fully saturated rings. The summed E-state index contributed by atoms with van der Waals surface area (Å²) in [6.45, 7) is -0.0308. The molecule has 30 heavy (non-hydrogen) atoms. The van der Waals surface area contributed by atoms with Crippen molar-refractivity contribution in [1.82, 2.24) is 0 Å². The number of anilines is 1. The molecule has 0 aliphatic carbocycles. The quantitative estimate of drug-likeness (QED) is 0.650. The molecule has 1 N–H and O–H groups in total. The predicted molar refractivity (Wildman–Crippen MR) is 107 cm³/mol. The average Bonchev–Trinajstić information content (AvgIpc) is 2.79. The molecule has 0 radical (unpaired) electrons. The van der Waals surface area contributed by atoms with Gasteiger partial charge in [-0.2, -0.15) is 0 Å². The van der Waals surface area contributed by atoms with Gasteiger partial charge in [0.2, 0.25) is 12.2 Å². The van der Waals surface area contributed by atoms with Gasteiger partial charge in [-0.15, -0.1) is 0 Å². The summed E-state index contributed by atoms with van der Waals surface area (Å²) in [5.41, 5.74) is 0.868. The molecule has 152 valence electrons. The largest absolute Gasteiger partial charge is 0.485 e. The zero-order valence-electron chi connectivity index (χ0n) is 15.8. The summed E-state index contributed by atoms with van der Waals surface area (Å²) in [6.07, 6.45) is -2.23. The van der Waals surface area contributed by atoms with Crippen molar-refractivity contribution in [3.8, 4) is 11.5 Å². The van der Waals surface area contributed by atoms with Gasteiger partial charge in [-0.1, -0.05) is 42.5 Å². The first kappa shape index (κ1) is 19.4. The minimum absolute atomic E-state index is 0.0308. The number of hydrogen-bond donors (Lipinski definition) is 1. The van der Waals surface area contributed by atoms with Crippen LogP contribution in [0.5, 0.6) is 11.5 Å². The van der Waals surface area contributed by atoms with E-state index >= 15 is 0 Å². The molecule has 0 bridgehead atoms. The van der Waals surface area contributed by atoms with E-state index in [1.807, 2.05) is 0 Å². The Bertz CT molecular complexity index is 1040. The Morgan fingerprint density at radius 3 is 2.33 bits per heavy atom. The van der Waals surface area contributed by atoms with Gasteiger partial charge in [-0.25, -0.2) is 9.18 Å². The maximum absolute atomic E-state index is 13.1. The second-order valence-electron chi connectivity index (χ2n) is 6.59. The highest BCUT2D eigenvalue weighted by molar-refractivity contribution is 5.96. The van der Waals surface area contributed by atoms with E-state index in [0.29, 0.717) is 22.7 Å². The van der Waals surface area contributed by atoms with Crippen LogP contribution in [0.15, 0.2) is 78.9 Å². The van der Waals surface area contributed by atoms with Crippen molar-refractivity contribution in [2.75, 3.05) is 11.9 Å². The van der Waals surface area contributed by atoms with Crippen LogP contribution in [0.1, 0.15) is 11.7 Å². The third-order valence-corrected chi connectivity index (χ3v) is 4.46. The van der Waals surface area contributed by atoms with Crippen LogP contribution in [0.3, 0.4) is 0 Å². The highest BCUT2D eigenvalue weighted by Gasteiger charge is 2.33. The normalized spacial score (nSPS) is 15.7. The summed E-state index contributed by atoms with van der Waals surface area (Å²) in [7, 11) is 0. The molecule has 3 aromatic carbocycles. The number of esters is 1. The van der Waals surface area contributed by atoms with Gasteiger partial charge in [-0.05, 0) is 36.4 Å². The van der Waals surface area contributed by atoms with E-state index in [-0.39, 0.29) is 6.61 Å². The summed E-state index contributed by atoms with van der Waals surface area (Å²) >= 11 is 0. The number of carbonyl (C=O) groups is 2. The van der Waals surface area contributed by atoms with E-state index in [2.05, 4.69) is 5.32 Å². The lowest BCUT2D eigenvalue weighted by molar-refractivity contribution is -0.164. The van der Waals surface area contributed by atoms with Crippen molar-refractivity contribution in [2.45, 2.75) is 12.2 Å². The molecule has 0 saturated heterocycles. The number of carbonyl (C=O) groups excluding carboxylic acids is 2. The molecule has 1 aliphatic heterocycles. The van der Waals surface area contributed by atoms with Crippen molar-refractivity contribution in [2.24, 2.45) is 0 Å². The molecular formula is C23H18FNO5. The zero-order valence-corrected chi connectivity index (χ0v) is 15.8. The Morgan fingerprint density at radius 1 is 0.933 bits per heavy atom. The van der Waals surface area contributed by atoms with Crippen molar-refractivity contribution in [3.63, 3.8) is 0 Å². The van der Waals surface area contributed by atoms with E-state index in [4.69, 9.17) is 14.2 Å². The fourth-order valence-corrected chi connectivity index (χ4v) is 2.97. The van der Waals surface area contributed by atoms with E-state index in [0.717, 1.165) is 0 Å². The molecule has 1 amide bonds. The third kappa shape index (κ3) is 4.41. The summed E-state index contributed by atoms with van der Waals surface area (Å²) in [4.78, 5) is 25.6. The van der Waals surface area contributed by atoms with Crippen LogP contribution >= 0.6 is 0 Å². The van der Waals surface area contributed by atoms with Crippen LogP contribution in [0.25, 0.3) is 0 Å². The van der Waals surface area contributed by atoms with Crippen LogP contribution in [0, 0.1) is 5.82 Å². The fourth-order valence-electron chi connectivity index (χ4n) is 2.97. The van der Waals surface area contributed by atoms with Gasteiger partial charge in [0.05, 0.1) is 0 Å². The van der Waals surface area contributed by atoms with Gasteiger partial charge in [0.1, 0.15) is 12.4 Å². The zero-order chi connectivity index (χ0) is 20.9. The second kappa shape index (κ2) is 8.65. The van der Waals surface area contributed by atoms with E-state index in [9.17, 15) is 14.0 Å².